The number of nitrogens with zero attached hydrogens (tertiary/aromatic N) is 1. The minimum absolute atomic E-state index is 0.122. The summed E-state index contributed by atoms with van der Waals surface area (Å²) in [5, 5.41) is 7.28. The van der Waals surface area contributed by atoms with Crippen LogP contribution in [0.3, 0.4) is 0 Å². The van der Waals surface area contributed by atoms with E-state index in [0.29, 0.717) is 22.0 Å². The molecule has 2 amide bonds. The average molecular weight is 422 g/mol. The first-order chi connectivity index (χ1) is 14.5. The molecule has 0 aliphatic heterocycles. The van der Waals surface area contributed by atoms with Crippen LogP contribution in [0.25, 0.3) is 0 Å². The third kappa shape index (κ3) is 6.46. The van der Waals surface area contributed by atoms with Crippen LogP contribution in [0.5, 0.6) is 5.75 Å². The van der Waals surface area contributed by atoms with Crippen molar-refractivity contribution >= 4 is 35.3 Å². The summed E-state index contributed by atoms with van der Waals surface area (Å²) in [6.45, 7) is 1.84. The smallest absolute Gasteiger partial charge is 0.271 e. The van der Waals surface area contributed by atoms with Crippen molar-refractivity contribution in [3.63, 3.8) is 0 Å². The van der Waals surface area contributed by atoms with Crippen molar-refractivity contribution in [3.05, 3.63) is 94.5 Å². The van der Waals surface area contributed by atoms with Crippen LogP contribution in [0.4, 0.5) is 5.69 Å². The zero-order chi connectivity index (χ0) is 21.3. The number of amides is 2. The van der Waals surface area contributed by atoms with Crippen molar-refractivity contribution in [3.8, 4) is 5.75 Å². The van der Waals surface area contributed by atoms with Crippen molar-refractivity contribution in [2.24, 2.45) is 5.10 Å². The molecule has 0 atom stereocenters. The van der Waals surface area contributed by atoms with Crippen LogP contribution in [0.1, 0.15) is 21.5 Å². The number of hydrogen-bond acceptors (Lipinski definition) is 4. The second kappa shape index (κ2) is 10.2. The Labute approximate surface area is 179 Å². The standard InChI is InChI=1S/C23H20ClN3O3/c1-16-2-6-18(7-3-16)23(29)27-25-14-17-4-12-21(13-5-17)30-15-22(28)26-20-10-8-19(24)9-11-20/h2-14H,15H2,1H3,(H,26,28)(H,27,29)/b25-14+. The van der Waals surface area contributed by atoms with Crippen LogP contribution < -0.4 is 15.5 Å². The quantitative estimate of drug-likeness (QED) is 0.437. The summed E-state index contributed by atoms with van der Waals surface area (Å²) in [7, 11) is 0. The Kier molecular flexibility index (Phi) is 7.19. The van der Waals surface area contributed by atoms with Gasteiger partial charge in [0.15, 0.2) is 6.61 Å². The fraction of sp³-hybridized carbons (Fsp3) is 0.0870. The van der Waals surface area contributed by atoms with Crippen LogP contribution >= 0.6 is 11.6 Å². The molecule has 6 nitrogen and oxygen atoms in total. The number of anilines is 1. The highest BCUT2D eigenvalue weighted by atomic mass is 35.5. The molecule has 0 spiro atoms. The van der Waals surface area contributed by atoms with Gasteiger partial charge in [-0.1, -0.05) is 29.3 Å². The van der Waals surface area contributed by atoms with Crippen LogP contribution in [0.2, 0.25) is 5.02 Å². The lowest BCUT2D eigenvalue weighted by atomic mass is 10.1. The fourth-order valence-corrected chi connectivity index (χ4v) is 2.59. The molecule has 0 bridgehead atoms. The topological polar surface area (TPSA) is 79.8 Å². The van der Waals surface area contributed by atoms with E-state index in [9.17, 15) is 9.59 Å². The molecule has 0 saturated heterocycles. The van der Waals surface area contributed by atoms with Gasteiger partial charge in [-0.25, -0.2) is 5.43 Å². The van der Waals surface area contributed by atoms with Gasteiger partial charge in [-0.05, 0) is 73.2 Å². The molecular weight excluding hydrogens is 402 g/mol. The molecule has 0 fully saturated rings. The van der Waals surface area contributed by atoms with Gasteiger partial charge in [-0.2, -0.15) is 5.10 Å². The molecular formula is C23H20ClN3O3. The summed E-state index contributed by atoms with van der Waals surface area (Å²) in [6, 6.07) is 21.0. The second-order valence-corrected chi connectivity index (χ2v) is 6.91. The van der Waals surface area contributed by atoms with Crippen molar-refractivity contribution in [1.82, 2.24) is 5.43 Å². The summed E-state index contributed by atoms with van der Waals surface area (Å²) < 4.78 is 5.48. The SMILES string of the molecule is Cc1ccc(C(=O)N/N=C/c2ccc(OCC(=O)Nc3ccc(Cl)cc3)cc2)cc1. The maximum absolute atomic E-state index is 12.0. The molecule has 0 aliphatic rings. The lowest BCUT2D eigenvalue weighted by Gasteiger charge is -2.08. The average Bonchev–Trinajstić information content (AvgIpc) is 2.75. The van der Waals surface area contributed by atoms with Gasteiger partial charge in [0, 0.05) is 16.3 Å². The highest BCUT2D eigenvalue weighted by molar-refractivity contribution is 6.30. The fourth-order valence-electron chi connectivity index (χ4n) is 2.46. The summed E-state index contributed by atoms with van der Waals surface area (Å²) >= 11 is 5.82. The summed E-state index contributed by atoms with van der Waals surface area (Å²) in [6.07, 6.45) is 1.53. The Bertz CT molecular complexity index is 1030. The number of ether oxygens (including phenoxy) is 1. The van der Waals surface area contributed by atoms with E-state index in [4.69, 9.17) is 16.3 Å². The number of benzene rings is 3. The van der Waals surface area contributed by atoms with E-state index in [2.05, 4.69) is 15.8 Å². The third-order valence-electron chi connectivity index (χ3n) is 4.07. The molecule has 0 radical (unpaired) electrons. The van der Waals surface area contributed by atoms with E-state index in [0.717, 1.165) is 11.1 Å². The van der Waals surface area contributed by atoms with Gasteiger partial charge in [0.1, 0.15) is 5.75 Å². The van der Waals surface area contributed by atoms with Crippen LogP contribution in [-0.2, 0) is 4.79 Å². The monoisotopic (exact) mass is 421 g/mol. The first-order valence-electron chi connectivity index (χ1n) is 9.18. The van der Waals surface area contributed by atoms with Crippen LogP contribution in [0.15, 0.2) is 77.9 Å². The Morgan fingerprint density at radius 1 is 0.967 bits per heavy atom. The van der Waals surface area contributed by atoms with E-state index in [1.165, 1.54) is 6.21 Å². The van der Waals surface area contributed by atoms with Crippen LogP contribution in [0, 0.1) is 6.92 Å². The van der Waals surface area contributed by atoms with E-state index >= 15 is 0 Å². The molecule has 152 valence electrons. The Hall–Kier alpha value is -3.64. The molecule has 30 heavy (non-hydrogen) atoms. The molecule has 3 aromatic carbocycles. The minimum atomic E-state index is -0.280. The summed E-state index contributed by atoms with van der Waals surface area (Å²) in [5.74, 6) is -0.0122. The molecule has 0 heterocycles. The maximum Gasteiger partial charge on any atom is 0.271 e. The summed E-state index contributed by atoms with van der Waals surface area (Å²) in [4.78, 5) is 24.0. The normalized spacial score (nSPS) is 10.6. The maximum atomic E-state index is 12.0. The van der Waals surface area contributed by atoms with E-state index in [1.54, 1.807) is 60.7 Å². The molecule has 0 aliphatic carbocycles. The van der Waals surface area contributed by atoms with Gasteiger partial charge < -0.3 is 10.1 Å². The number of halogens is 1. The first-order valence-corrected chi connectivity index (χ1v) is 9.56. The van der Waals surface area contributed by atoms with Crippen LogP contribution in [-0.4, -0.2) is 24.6 Å². The Balaban J connectivity index is 1.45. The number of carbonyl (C=O) groups is 2. The lowest BCUT2D eigenvalue weighted by molar-refractivity contribution is -0.118. The molecule has 0 saturated carbocycles. The molecule has 7 heteroatoms. The highest BCUT2D eigenvalue weighted by Crippen LogP contribution is 2.14. The first kappa shape index (κ1) is 21.1. The summed E-state index contributed by atoms with van der Waals surface area (Å²) in [5.41, 5.74) is 5.53. The zero-order valence-electron chi connectivity index (χ0n) is 16.3. The number of carbonyl (C=O) groups excluding carboxylic acids is 2. The number of rotatable bonds is 7. The van der Waals surface area contributed by atoms with E-state index in [-0.39, 0.29) is 18.4 Å². The number of aryl methyl sites for hydroxylation is 1. The zero-order valence-corrected chi connectivity index (χ0v) is 17.0. The van der Waals surface area contributed by atoms with E-state index < -0.39 is 0 Å². The van der Waals surface area contributed by atoms with Crippen molar-refractivity contribution in [2.75, 3.05) is 11.9 Å². The van der Waals surface area contributed by atoms with Gasteiger partial charge in [-0.3, -0.25) is 9.59 Å². The number of hydrazone groups is 1. The molecule has 0 unspecified atom stereocenters. The predicted molar refractivity (Wildman–Crippen MR) is 118 cm³/mol. The van der Waals surface area contributed by atoms with Gasteiger partial charge >= 0.3 is 0 Å². The molecule has 3 aromatic rings. The second-order valence-electron chi connectivity index (χ2n) is 6.48. The molecule has 3 rings (SSSR count). The Morgan fingerprint density at radius 3 is 2.30 bits per heavy atom. The minimum Gasteiger partial charge on any atom is -0.484 e. The van der Waals surface area contributed by atoms with Crippen molar-refractivity contribution in [2.45, 2.75) is 6.92 Å². The van der Waals surface area contributed by atoms with Gasteiger partial charge in [-0.15, -0.1) is 0 Å². The third-order valence-corrected chi connectivity index (χ3v) is 4.32. The van der Waals surface area contributed by atoms with Crippen molar-refractivity contribution < 1.29 is 14.3 Å². The molecule has 0 aromatic heterocycles. The predicted octanol–water partition coefficient (Wildman–Crippen LogP) is 4.43. The van der Waals surface area contributed by atoms with Gasteiger partial charge in [0.25, 0.3) is 11.8 Å². The van der Waals surface area contributed by atoms with Gasteiger partial charge in [0.2, 0.25) is 0 Å². The van der Waals surface area contributed by atoms with Gasteiger partial charge in [0.05, 0.1) is 6.21 Å². The Morgan fingerprint density at radius 2 is 1.63 bits per heavy atom. The molecule has 2 N–H and O–H groups in total. The number of hydrogen-bond donors (Lipinski definition) is 2. The largest absolute Gasteiger partial charge is 0.484 e. The lowest BCUT2D eigenvalue weighted by Crippen LogP contribution is -2.20. The van der Waals surface area contributed by atoms with E-state index in [1.807, 2.05) is 19.1 Å². The number of nitrogens with one attached hydrogen (secondary N) is 2. The highest BCUT2D eigenvalue weighted by Gasteiger charge is 2.05. The van der Waals surface area contributed by atoms with Crippen molar-refractivity contribution in [1.29, 1.82) is 0 Å².